The van der Waals surface area contributed by atoms with Crippen LogP contribution in [-0.4, -0.2) is 11.1 Å². The molecule has 1 heterocycles. The molecule has 0 atom stereocenters. The van der Waals surface area contributed by atoms with Crippen molar-refractivity contribution in [2.45, 2.75) is 58.0 Å². The molecule has 0 bridgehead atoms. The summed E-state index contributed by atoms with van der Waals surface area (Å²) in [7, 11) is 0. The van der Waals surface area contributed by atoms with Crippen LogP contribution in [0.15, 0.2) is 0 Å². The average molecular weight is 158 g/mol. The van der Waals surface area contributed by atoms with Crippen LogP contribution in [0.5, 0.6) is 0 Å². The van der Waals surface area contributed by atoms with Gasteiger partial charge in [-0.25, -0.2) is 0 Å². The lowest BCUT2D eigenvalue weighted by Crippen LogP contribution is -2.55. The molecular formula is C9H22N2. The fourth-order valence-electron chi connectivity index (χ4n) is 2.01. The first-order valence-electron chi connectivity index (χ1n) is 4.21. The Morgan fingerprint density at radius 1 is 0.909 bits per heavy atom. The van der Waals surface area contributed by atoms with Gasteiger partial charge < -0.3 is 11.5 Å². The van der Waals surface area contributed by atoms with Crippen molar-refractivity contribution in [3.63, 3.8) is 0 Å². The van der Waals surface area contributed by atoms with Crippen molar-refractivity contribution in [1.29, 1.82) is 0 Å². The Morgan fingerprint density at radius 2 is 1.27 bits per heavy atom. The second kappa shape index (κ2) is 3.11. The van der Waals surface area contributed by atoms with Crippen molar-refractivity contribution >= 4 is 0 Å². The summed E-state index contributed by atoms with van der Waals surface area (Å²) in [5.74, 6) is 0. The van der Waals surface area contributed by atoms with E-state index in [0.717, 1.165) is 0 Å². The Hall–Kier alpha value is -0.0800. The number of piperidine rings is 1. The van der Waals surface area contributed by atoms with E-state index in [2.05, 4.69) is 33.0 Å². The third-order valence-electron chi connectivity index (χ3n) is 2.28. The highest BCUT2D eigenvalue weighted by Gasteiger charge is 2.31. The highest BCUT2D eigenvalue weighted by Crippen LogP contribution is 2.27. The van der Waals surface area contributed by atoms with Crippen molar-refractivity contribution in [3.05, 3.63) is 0 Å². The molecular weight excluding hydrogens is 136 g/mol. The third-order valence-corrected chi connectivity index (χ3v) is 2.28. The van der Waals surface area contributed by atoms with Crippen LogP contribution in [0, 0.1) is 0 Å². The van der Waals surface area contributed by atoms with E-state index in [9.17, 15) is 0 Å². The van der Waals surface area contributed by atoms with Crippen molar-refractivity contribution in [1.82, 2.24) is 11.5 Å². The molecule has 68 valence electrons. The maximum absolute atomic E-state index is 3.63. The van der Waals surface area contributed by atoms with Gasteiger partial charge in [-0.15, -0.1) is 0 Å². The molecule has 11 heavy (non-hydrogen) atoms. The molecule has 1 aliphatic rings. The number of hydrogen-bond acceptors (Lipinski definition) is 2. The van der Waals surface area contributed by atoms with E-state index in [1.165, 1.54) is 19.3 Å². The zero-order chi connectivity index (χ0) is 7.83. The Morgan fingerprint density at radius 3 is 1.45 bits per heavy atom. The van der Waals surface area contributed by atoms with Crippen molar-refractivity contribution < 1.29 is 0 Å². The van der Waals surface area contributed by atoms with E-state index in [1.807, 2.05) is 0 Å². The van der Waals surface area contributed by atoms with Gasteiger partial charge in [-0.3, -0.25) is 0 Å². The van der Waals surface area contributed by atoms with E-state index in [-0.39, 0.29) is 6.15 Å². The van der Waals surface area contributed by atoms with Crippen LogP contribution in [0.2, 0.25) is 0 Å². The van der Waals surface area contributed by atoms with Gasteiger partial charge in [-0.05, 0) is 47.0 Å². The Kier molecular flexibility index (Phi) is 3.09. The largest absolute Gasteiger partial charge is 0.344 e. The van der Waals surface area contributed by atoms with Gasteiger partial charge in [0.05, 0.1) is 0 Å². The molecule has 1 aliphatic heterocycles. The van der Waals surface area contributed by atoms with Crippen LogP contribution in [0.1, 0.15) is 47.0 Å². The van der Waals surface area contributed by atoms with E-state index in [4.69, 9.17) is 0 Å². The predicted octanol–water partition coefficient (Wildman–Crippen LogP) is 2.48. The first-order valence-corrected chi connectivity index (χ1v) is 4.21. The van der Waals surface area contributed by atoms with Gasteiger partial charge in [0.1, 0.15) is 0 Å². The maximum Gasteiger partial charge on any atom is 0.0130 e. The average Bonchev–Trinajstić information content (AvgIpc) is 1.56. The lowest BCUT2D eigenvalue weighted by Gasteiger charge is -2.42. The number of rotatable bonds is 0. The van der Waals surface area contributed by atoms with E-state index in [0.29, 0.717) is 11.1 Å². The van der Waals surface area contributed by atoms with Gasteiger partial charge in [0, 0.05) is 11.1 Å². The van der Waals surface area contributed by atoms with Gasteiger partial charge >= 0.3 is 0 Å². The highest BCUT2D eigenvalue weighted by molar-refractivity contribution is 4.92. The minimum atomic E-state index is 0. The minimum Gasteiger partial charge on any atom is -0.344 e. The third kappa shape index (κ3) is 3.21. The smallest absolute Gasteiger partial charge is 0.0130 e. The summed E-state index contributed by atoms with van der Waals surface area (Å²) in [6.45, 7) is 9.14. The quantitative estimate of drug-likeness (QED) is 0.569. The summed E-state index contributed by atoms with van der Waals surface area (Å²) < 4.78 is 0. The molecule has 0 aromatic carbocycles. The molecule has 2 nitrogen and oxygen atoms in total. The molecule has 1 fully saturated rings. The van der Waals surface area contributed by atoms with E-state index >= 15 is 0 Å². The summed E-state index contributed by atoms with van der Waals surface area (Å²) in [4.78, 5) is 0. The summed E-state index contributed by atoms with van der Waals surface area (Å²) in [5, 5.41) is 3.63. The van der Waals surface area contributed by atoms with Crippen molar-refractivity contribution in [2.24, 2.45) is 0 Å². The second-order valence-corrected chi connectivity index (χ2v) is 4.75. The molecule has 0 aromatic rings. The standard InChI is InChI=1S/C9H19N.H3N/c1-8(2)6-5-7-9(3,4)10-8;/h10H,5-7H2,1-4H3;1H3. The highest BCUT2D eigenvalue weighted by atomic mass is 15.0. The minimum absolute atomic E-state index is 0. The second-order valence-electron chi connectivity index (χ2n) is 4.75. The summed E-state index contributed by atoms with van der Waals surface area (Å²) in [5.41, 5.74) is 0.726. The molecule has 0 aliphatic carbocycles. The number of nitrogens with one attached hydrogen (secondary N) is 1. The van der Waals surface area contributed by atoms with Crippen molar-refractivity contribution in [2.75, 3.05) is 0 Å². The lowest BCUT2D eigenvalue weighted by atomic mass is 9.83. The van der Waals surface area contributed by atoms with E-state index < -0.39 is 0 Å². The summed E-state index contributed by atoms with van der Waals surface area (Å²) in [6.07, 6.45) is 4.00. The van der Waals surface area contributed by atoms with Crippen molar-refractivity contribution in [3.8, 4) is 0 Å². The van der Waals surface area contributed by atoms with Gasteiger partial charge in [-0.1, -0.05) is 0 Å². The van der Waals surface area contributed by atoms with Crippen LogP contribution in [-0.2, 0) is 0 Å². The van der Waals surface area contributed by atoms with Crippen LogP contribution in [0.25, 0.3) is 0 Å². The Labute approximate surface area is 70.3 Å². The molecule has 1 saturated heterocycles. The molecule has 0 radical (unpaired) electrons. The maximum atomic E-state index is 3.63. The molecule has 0 saturated carbocycles. The van der Waals surface area contributed by atoms with Gasteiger partial charge in [-0.2, -0.15) is 0 Å². The van der Waals surface area contributed by atoms with Gasteiger partial charge in [0.25, 0.3) is 0 Å². The topological polar surface area (TPSA) is 47.0 Å². The lowest BCUT2D eigenvalue weighted by molar-refractivity contribution is 0.183. The van der Waals surface area contributed by atoms with Crippen LogP contribution in [0.4, 0.5) is 0 Å². The van der Waals surface area contributed by atoms with Crippen LogP contribution >= 0.6 is 0 Å². The van der Waals surface area contributed by atoms with Crippen LogP contribution in [0.3, 0.4) is 0 Å². The molecule has 2 heteroatoms. The molecule has 1 rings (SSSR count). The first kappa shape index (κ1) is 10.9. The molecule has 0 amide bonds. The SMILES string of the molecule is CC1(C)CCCC(C)(C)N1.N. The fraction of sp³-hybridized carbons (Fsp3) is 1.00. The normalized spacial score (nSPS) is 27.3. The summed E-state index contributed by atoms with van der Waals surface area (Å²) >= 11 is 0. The fourth-order valence-corrected chi connectivity index (χ4v) is 2.01. The zero-order valence-electron chi connectivity index (χ0n) is 8.33. The predicted molar refractivity (Wildman–Crippen MR) is 50.2 cm³/mol. The van der Waals surface area contributed by atoms with Crippen LogP contribution < -0.4 is 11.5 Å². The van der Waals surface area contributed by atoms with Gasteiger partial charge in [0.15, 0.2) is 0 Å². The monoisotopic (exact) mass is 158 g/mol. The Balaban J connectivity index is 0.000001000. The van der Waals surface area contributed by atoms with E-state index in [1.54, 1.807) is 0 Å². The molecule has 0 spiro atoms. The Bertz CT molecular complexity index is 114. The number of hydrogen-bond donors (Lipinski definition) is 2. The molecule has 0 unspecified atom stereocenters. The zero-order valence-corrected chi connectivity index (χ0v) is 8.33. The molecule has 4 N–H and O–H groups in total. The first-order chi connectivity index (χ1) is 4.41. The molecule has 0 aromatic heterocycles. The summed E-state index contributed by atoms with van der Waals surface area (Å²) in [6, 6.07) is 0. The van der Waals surface area contributed by atoms with Gasteiger partial charge in [0.2, 0.25) is 0 Å².